The molecule has 0 spiro atoms. The number of rotatable bonds is 11. The molecule has 0 rings (SSSR count). The lowest BCUT2D eigenvalue weighted by atomic mass is 9.58. The number of carbonyl (C=O) groups excluding carboxylic acids is 1. The summed E-state index contributed by atoms with van der Waals surface area (Å²) < 4.78 is 121. The van der Waals surface area contributed by atoms with Gasteiger partial charge in [0.15, 0.2) is 0 Å². The van der Waals surface area contributed by atoms with Crippen LogP contribution in [-0.4, -0.2) is 36.5 Å². The Hall–Kier alpha value is -1.16. The molecule has 0 fully saturated rings. The van der Waals surface area contributed by atoms with Crippen molar-refractivity contribution in [1.82, 2.24) is 0 Å². The van der Waals surface area contributed by atoms with Crippen LogP contribution in [0, 0.1) is 16.2 Å². The van der Waals surface area contributed by atoms with Gasteiger partial charge < -0.3 is 4.74 Å². The quantitative estimate of drug-likeness (QED) is 0.227. The van der Waals surface area contributed by atoms with Gasteiger partial charge in [-0.05, 0) is 30.6 Å². The minimum atomic E-state index is -6.96. The highest BCUT2D eigenvalue weighted by atomic mass is 19.4. The predicted molar refractivity (Wildman–Crippen MR) is 97.3 cm³/mol. The molecule has 2 nitrogen and oxygen atoms in total. The minimum Gasteiger partial charge on any atom is -0.465 e. The third kappa shape index (κ3) is 5.80. The van der Waals surface area contributed by atoms with Crippen molar-refractivity contribution in [2.75, 3.05) is 6.61 Å². The summed E-state index contributed by atoms with van der Waals surface area (Å²) in [4.78, 5) is 12.8. The van der Waals surface area contributed by atoms with Crippen molar-refractivity contribution in [2.24, 2.45) is 16.2 Å². The molecule has 0 saturated heterocycles. The van der Waals surface area contributed by atoms with Gasteiger partial charge in [0.1, 0.15) is 0 Å². The van der Waals surface area contributed by atoms with Crippen LogP contribution in [0.4, 0.5) is 39.5 Å². The molecule has 0 aromatic carbocycles. The average Bonchev–Trinajstić information content (AvgIpc) is 2.59. The number of esters is 1. The standard InChI is InChI=1S/C20H31F9O2/c1-8-14(3,4)12-16(7,15(5,6)9-2)13(30)31-11-10-17(21,22)18(23,24)19(25,26)20(27,28)29/h8-12H2,1-7H3. The fourth-order valence-corrected chi connectivity index (χ4v) is 3.06. The second-order valence-electron chi connectivity index (χ2n) is 9.50. The van der Waals surface area contributed by atoms with Crippen LogP contribution in [0.1, 0.15) is 74.1 Å². The van der Waals surface area contributed by atoms with E-state index in [1.54, 1.807) is 20.8 Å². The van der Waals surface area contributed by atoms with Crippen LogP contribution < -0.4 is 0 Å². The minimum absolute atomic E-state index is 0.245. The van der Waals surface area contributed by atoms with Gasteiger partial charge in [0, 0.05) is 0 Å². The average molecular weight is 474 g/mol. The number of hydrogen-bond acceptors (Lipinski definition) is 2. The third-order valence-corrected chi connectivity index (χ3v) is 6.48. The molecule has 0 heterocycles. The van der Waals surface area contributed by atoms with E-state index < -0.39 is 53.8 Å². The molecule has 0 aromatic rings. The van der Waals surface area contributed by atoms with Crippen LogP contribution >= 0.6 is 0 Å². The van der Waals surface area contributed by atoms with Gasteiger partial charge in [0.25, 0.3) is 0 Å². The lowest BCUT2D eigenvalue weighted by Gasteiger charge is -2.46. The molecule has 0 bridgehead atoms. The summed E-state index contributed by atoms with van der Waals surface area (Å²) in [6.45, 7) is 10.9. The van der Waals surface area contributed by atoms with Crippen molar-refractivity contribution in [2.45, 2.75) is 98.1 Å². The van der Waals surface area contributed by atoms with E-state index in [-0.39, 0.29) is 11.8 Å². The Morgan fingerprint density at radius 1 is 0.742 bits per heavy atom. The molecule has 0 aliphatic heterocycles. The van der Waals surface area contributed by atoms with Crippen molar-refractivity contribution < 1.29 is 49.0 Å². The van der Waals surface area contributed by atoms with Gasteiger partial charge in [0.2, 0.25) is 0 Å². The molecule has 0 saturated carbocycles. The zero-order valence-electron chi connectivity index (χ0n) is 18.8. The SMILES string of the molecule is CCC(C)(C)CC(C)(C(=O)OCCC(F)(F)C(F)(F)C(F)(F)C(F)(F)F)C(C)(C)CC. The molecule has 31 heavy (non-hydrogen) atoms. The maximum atomic E-state index is 13.7. The predicted octanol–water partition coefficient (Wildman–Crippen LogP) is 7.66. The van der Waals surface area contributed by atoms with Gasteiger partial charge in [-0.1, -0.05) is 48.0 Å². The van der Waals surface area contributed by atoms with Crippen molar-refractivity contribution >= 4 is 5.97 Å². The molecular formula is C20H31F9O2. The van der Waals surface area contributed by atoms with Gasteiger partial charge in [-0.2, -0.15) is 39.5 Å². The molecule has 0 aliphatic rings. The summed E-state index contributed by atoms with van der Waals surface area (Å²) in [6.07, 6.45) is -7.73. The first-order chi connectivity index (χ1) is 13.5. The molecule has 186 valence electrons. The monoisotopic (exact) mass is 474 g/mol. The van der Waals surface area contributed by atoms with E-state index >= 15 is 0 Å². The van der Waals surface area contributed by atoms with Crippen molar-refractivity contribution in [3.8, 4) is 0 Å². The number of halogens is 9. The molecular weight excluding hydrogens is 443 g/mol. The molecule has 11 heteroatoms. The summed E-state index contributed by atoms with van der Waals surface area (Å²) >= 11 is 0. The number of carbonyl (C=O) groups is 1. The Balaban J connectivity index is 5.62. The maximum absolute atomic E-state index is 13.7. The molecule has 0 radical (unpaired) electrons. The normalized spacial score (nSPS) is 16.8. The zero-order chi connectivity index (χ0) is 25.3. The molecule has 0 N–H and O–H groups in total. The second-order valence-corrected chi connectivity index (χ2v) is 9.50. The largest absolute Gasteiger partial charge is 0.465 e. The fraction of sp³-hybridized carbons (Fsp3) is 0.950. The fourth-order valence-electron chi connectivity index (χ4n) is 3.06. The highest BCUT2D eigenvalue weighted by Gasteiger charge is 2.81. The summed E-state index contributed by atoms with van der Waals surface area (Å²) in [6, 6.07) is 0. The van der Waals surface area contributed by atoms with Crippen molar-refractivity contribution in [3.05, 3.63) is 0 Å². The first kappa shape index (κ1) is 29.8. The topological polar surface area (TPSA) is 26.3 Å². The maximum Gasteiger partial charge on any atom is 0.460 e. The first-order valence-corrected chi connectivity index (χ1v) is 9.83. The Bertz CT molecular complexity index is 625. The summed E-state index contributed by atoms with van der Waals surface area (Å²) in [5.41, 5.74) is -2.35. The van der Waals surface area contributed by atoms with E-state index in [2.05, 4.69) is 0 Å². The molecule has 0 aliphatic carbocycles. The first-order valence-electron chi connectivity index (χ1n) is 9.83. The smallest absolute Gasteiger partial charge is 0.460 e. The Labute approximate surface area is 176 Å². The van der Waals surface area contributed by atoms with E-state index in [1.165, 1.54) is 6.92 Å². The van der Waals surface area contributed by atoms with E-state index in [9.17, 15) is 44.3 Å². The van der Waals surface area contributed by atoms with Crippen molar-refractivity contribution in [1.29, 1.82) is 0 Å². The Morgan fingerprint density at radius 2 is 1.19 bits per heavy atom. The number of hydrogen-bond donors (Lipinski definition) is 0. The Kier molecular flexibility index (Phi) is 8.66. The van der Waals surface area contributed by atoms with Gasteiger partial charge in [-0.25, -0.2) is 0 Å². The summed E-state index contributed by atoms with van der Waals surface area (Å²) in [5.74, 6) is -20.5. The van der Waals surface area contributed by atoms with Crippen LogP contribution in [-0.2, 0) is 9.53 Å². The highest BCUT2D eigenvalue weighted by molar-refractivity contribution is 5.77. The molecule has 1 unspecified atom stereocenters. The second kappa shape index (κ2) is 9.00. The lowest BCUT2D eigenvalue weighted by molar-refractivity contribution is -0.397. The van der Waals surface area contributed by atoms with Crippen molar-refractivity contribution in [3.63, 3.8) is 0 Å². The van der Waals surface area contributed by atoms with E-state index in [0.717, 1.165) is 0 Å². The van der Waals surface area contributed by atoms with Gasteiger partial charge in [-0.15, -0.1) is 0 Å². The van der Waals surface area contributed by atoms with Crippen LogP contribution in [0.3, 0.4) is 0 Å². The third-order valence-electron chi connectivity index (χ3n) is 6.48. The van der Waals surface area contributed by atoms with Gasteiger partial charge >= 0.3 is 29.9 Å². The van der Waals surface area contributed by atoms with Crippen LogP contribution in [0.2, 0.25) is 0 Å². The van der Waals surface area contributed by atoms with E-state index in [1.807, 2.05) is 20.8 Å². The molecule has 0 aromatic heterocycles. The van der Waals surface area contributed by atoms with Gasteiger partial charge in [0.05, 0.1) is 18.4 Å². The lowest BCUT2D eigenvalue weighted by Crippen LogP contribution is -2.61. The van der Waals surface area contributed by atoms with Gasteiger partial charge in [-0.3, -0.25) is 4.79 Å². The summed E-state index contributed by atoms with van der Waals surface area (Å²) in [7, 11) is 0. The molecule has 0 amide bonds. The van der Waals surface area contributed by atoms with Crippen LogP contribution in [0.15, 0.2) is 0 Å². The molecule has 1 atom stereocenters. The zero-order valence-corrected chi connectivity index (χ0v) is 18.8. The summed E-state index contributed by atoms with van der Waals surface area (Å²) in [5, 5.41) is 0. The van der Waals surface area contributed by atoms with Crippen LogP contribution in [0.5, 0.6) is 0 Å². The van der Waals surface area contributed by atoms with E-state index in [0.29, 0.717) is 12.8 Å². The van der Waals surface area contributed by atoms with E-state index in [4.69, 9.17) is 4.74 Å². The van der Waals surface area contributed by atoms with Crippen LogP contribution in [0.25, 0.3) is 0 Å². The highest BCUT2D eigenvalue weighted by Crippen LogP contribution is 2.54. The Morgan fingerprint density at radius 3 is 1.55 bits per heavy atom. The number of alkyl halides is 9. The number of ether oxygens (including phenoxy) is 1.